The van der Waals surface area contributed by atoms with Crippen LogP contribution < -0.4 is 21.5 Å². The van der Waals surface area contributed by atoms with E-state index in [1.807, 2.05) is 31.2 Å². The molecule has 0 aliphatic heterocycles. The second-order valence-electron chi connectivity index (χ2n) is 7.22. The third-order valence-electron chi connectivity index (χ3n) is 4.55. The van der Waals surface area contributed by atoms with E-state index in [-0.39, 0.29) is 36.8 Å². The predicted molar refractivity (Wildman–Crippen MR) is 139 cm³/mol. The van der Waals surface area contributed by atoms with Gasteiger partial charge < -0.3 is 21.5 Å². The van der Waals surface area contributed by atoms with Gasteiger partial charge in [-0.15, -0.1) is 12.4 Å². The lowest BCUT2D eigenvalue weighted by atomic mass is 10.1. The van der Waals surface area contributed by atoms with Crippen molar-refractivity contribution >= 4 is 59.4 Å². The van der Waals surface area contributed by atoms with Crippen LogP contribution in [0.5, 0.6) is 5.75 Å². The molecule has 0 heterocycles. The Morgan fingerprint density at radius 2 is 1.61 bits per heavy atom. The van der Waals surface area contributed by atoms with Crippen molar-refractivity contribution in [1.82, 2.24) is 0 Å². The van der Waals surface area contributed by atoms with Crippen LogP contribution in [-0.4, -0.2) is 24.0 Å². The Labute approximate surface area is 218 Å². The molecule has 0 atom stereocenters. The molecule has 188 valence electrons. The summed E-state index contributed by atoms with van der Waals surface area (Å²) in [5, 5.41) is 3.27. The molecule has 0 aliphatic carbocycles. The minimum Gasteiger partial charge on any atom is -0.423 e. The molecule has 5 N–H and O–H groups in total. The molecule has 9 nitrogen and oxygen atoms in total. The fourth-order valence-electron chi connectivity index (χ4n) is 2.89. The number of nitrogens with zero attached hydrogens (tertiary/aromatic N) is 1. The third kappa shape index (κ3) is 9.99. The van der Waals surface area contributed by atoms with E-state index in [0.717, 1.165) is 16.8 Å². The van der Waals surface area contributed by atoms with Gasteiger partial charge in [0.1, 0.15) is 5.75 Å². The molecular weight excluding hydrogens is 507 g/mol. The van der Waals surface area contributed by atoms with Gasteiger partial charge in [-0.3, -0.25) is 4.79 Å². The number of nitrogens with one attached hydrogen (secondary N) is 1. The topological polar surface area (TPSA) is 154 Å². The number of carbonyl (C=O) groups is 2. The van der Waals surface area contributed by atoms with Crippen molar-refractivity contribution in [3.05, 3.63) is 88.4 Å². The number of aryl methyl sites for hydroxylation is 2. The molecule has 11 heteroatoms. The number of halogens is 2. The Bertz CT molecular complexity index is 1240. The molecule has 0 saturated heterocycles. The second kappa shape index (κ2) is 15.0. The van der Waals surface area contributed by atoms with Crippen molar-refractivity contribution in [2.75, 3.05) is 5.32 Å². The second-order valence-corrected chi connectivity index (χ2v) is 7.63. The largest absolute Gasteiger partial charge is 0.423 e. The lowest BCUT2D eigenvalue weighted by Gasteiger charge is -2.09. The molecule has 0 unspecified atom stereocenters. The van der Waals surface area contributed by atoms with Gasteiger partial charge in [-0.05, 0) is 67.4 Å². The van der Waals surface area contributed by atoms with E-state index in [0.29, 0.717) is 28.4 Å². The monoisotopic (exact) mass is 530 g/mol. The highest BCUT2D eigenvalue weighted by molar-refractivity contribution is 6.31. The van der Waals surface area contributed by atoms with Crippen molar-refractivity contribution < 1.29 is 23.9 Å². The van der Waals surface area contributed by atoms with Crippen LogP contribution in [0.3, 0.4) is 0 Å². The molecule has 3 aromatic rings. The number of anilines is 1. The summed E-state index contributed by atoms with van der Waals surface area (Å²) in [6.45, 7) is 1.99. The van der Waals surface area contributed by atoms with Crippen LogP contribution in [0.2, 0.25) is 5.02 Å². The van der Waals surface area contributed by atoms with Gasteiger partial charge in [0.25, 0.3) is 0 Å². The number of benzene rings is 3. The van der Waals surface area contributed by atoms with Crippen LogP contribution in [0.1, 0.15) is 27.9 Å². The molecule has 0 radical (unpaired) electrons. The van der Waals surface area contributed by atoms with Crippen molar-refractivity contribution in [1.29, 1.82) is 0 Å². The van der Waals surface area contributed by atoms with Crippen LogP contribution in [0.4, 0.5) is 11.4 Å². The standard InChI is InChI=1S/C24H23ClN4O3.CO2.ClH/c1-15-2-8-18(9-3-15)28-22(30)13-7-16-6-12-20(14-21(16)25)32-23(31)17-4-10-19(11-5-17)29-24(26)27;2-1-3;/h2-6,8-12,14H,7,13H2,1H3,(H,28,30)(H4,26,27,29);;1H. The number of rotatable bonds is 7. The first-order valence-corrected chi connectivity index (χ1v) is 10.7. The summed E-state index contributed by atoms with van der Waals surface area (Å²) in [6, 6.07) is 18.9. The molecule has 0 bridgehead atoms. The fourth-order valence-corrected chi connectivity index (χ4v) is 3.15. The Kier molecular flexibility index (Phi) is 12.4. The van der Waals surface area contributed by atoms with E-state index < -0.39 is 5.97 Å². The quantitative estimate of drug-likeness (QED) is 0.179. The minimum absolute atomic E-state index is 0. The summed E-state index contributed by atoms with van der Waals surface area (Å²) in [6.07, 6.45) is 0.978. The SMILES string of the molecule is Cc1ccc(NC(=O)CCc2ccc(OC(=O)c3ccc(N=C(N)N)cc3)cc2Cl)cc1.Cl.O=C=O. The number of guanidine groups is 1. The zero-order chi connectivity index (χ0) is 25.8. The molecule has 0 fully saturated rings. The molecule has 0 aliphatic rings. The summed E-state index contributed by atoms with van der Waals surface area (Å²) in [7, 11) is 0. The van der Waals surface area contributed by atoms with Gasteiger partial charge in [-0.25, -0.2) is 9.79 Å². The number of carbonyl (C=O) groups excluding carboxylic acids is 4. The first-order chi connectivity index (χ1) is 16.7. The molecule has 1 amide bonds. The Morgan fingerprint density at radius 1 is 1.00 bits per heavy atom. The zero-order valence-electron chi connectivity index (χ0n) is 19.2. The summed E-state index contributed by atoms with van der Waals surface area (Å²) in [5.74, 6) is -0.406. The fraction of sp³-hybridized carbons (Fsp3) is 0.120. The number of hydrogen-bond acceptors (Lipinski definition) is 6. The maximum Gasteiger partial charge on any atom is 0.373 e. The van der Waals surface area contributed by atoms with E-state index in [9.17, 15) is 9.59 Å². The number of aliphatic imine (C=N–C) groups is 1. The first-order valence-electron chi connectivity index (χ1n) is 10.3. The number of hydrogen-bond donors (Lipinski definition) is 3. The van der Waals surface area contributed by atoms with E-state index in [4.69, 9.17) is 37.4 Å². The van der Waals surface area contributed by atoms with E-state index in [2.05, 4.69) is 10.3 Å². The van der Waals surface area contributed by atoms with Gasteiger partial charge in [0.2, 0.25) is 5.91 Å². The van der Waals surface area contributed by atoms with Gasteiger partial charge in [-0.1, -0.05) is 35.4 Å². The van der Waals surface area contributed by atoms with E-state index in [1.165, 1.54) is 0 Å². The summed E-state index contributed by atoms with van der Waals surface area (Å²) < 4.78 is 5.38. The van der Waals surface area contributed by atoms with Gasteiger partial charge >= 0.3 is 12.1 Å². The van der Waals surface area contributed by atoms with Crippen LogP contribution in [0.25, 0.3) is 0 Å². The first kappa shape index (κ1) is 29.9. The van der Waals surface area contributed by atoms with E-state index >= 15 is 0 Å². The Morgan fingerprint density at radius 3 is 2.17 bits per heavy atom. The van der Waals surface area contributed by atoms with Crippen molar-refractivity contribution in [3.63, 3.8) is 0 Å². The molecule has 0 spiro atoms. The highest BCUT2D eigenvalue weighted by atomic mass is 35.5. The van der Waals surface area contributed by atoms with Gasteiger partial charge in [0.15, 0.2) is 5.96 Å². The normalized spacial score (nSPS) is 9.39. The summed E-state index contributed by atoms with van der Waals surface area (Å²) >= 11 is 6.33. The third-order valence-corrected chi connectivity index (χ3v) is 4.90. The van der Waals surface area contributed by atoms with Crippen LogP contribution >= 0.6 is 24.0 Å². The van der Waals surface area contributed by atoms with Crippen molar-refractivity contribution in [2.24, 2.45) is 16.5 Å². The average Bonchev–Trinajstić information content (AvgIpc) is 2.80. The highest BCUT2D eigenvalue weighted by Gasteiger charge is 2.11. The summed E-state index contributed by atoms with van der Waals surface area (Å²) in [5.41, 5.74) is 14.2. The molecule has 3 aromatic carbocycles. The number of ether oxygens (including phenoxy) is 1. The minimum atomic E-state index is -0.539. The number of amides is 1. The molecule has 36 heavy (non-hydrogen) atoms. The van der Waals surface area contributed by atoms with E-state index in [1.54, 1.807) is 42.5 Å². The lowest BCUT2D eigenvalue weighted by molar-refractivity contribution is -0.191. The zero-order valence-corrected chi connectivity index (χ0v) is 20.8. The molecule has 0 aromatic heterocycles. The molecule has 3 rings (SSSR count). The van der Waals surface area contributed by atoms with Crippen molar-refractivity contribution in [2.45, 2.75) is 19.8 Å². The summed E-state index contributed by atoms with van der Waals surface area (Å²) in [4.78, 5) is 44.7. The van der Waals surface area contributed by atoms with Gasteiger partial charge in [-0.2, -0.15) is 9.59 Å². The highest BCUT2D eigenvalue weighted by Crippen LogP contribution is 2.25. The van der Waals surface area contributed by atoms with Crippen LogP contribution in [0, 0.1) is 6.92 Å². The maximum absolute atomic E-state index is 12.3. The molecular formula is C25H24Cl2N4O5. The van der Waals surface area contributed by atoms with Crippen molar-refractivity contribution in [3.8, 4) is 5.75 Å². The van der Waals surface area contributed by atoms with Crippen LogP contribution in [-0.2, 0) is 20.8 Å². The number of nitrogens with two attached hydrogens (primary N) is 2. The van der Waals surface area contributed by atoms with Gasteiger partial charge in [0.05, 0.1) is 11.3 Å². The Balaban J connectivity index is 0.00000154. The molecule has 0 saturated carbocycles. The van der Waals surface area contributed by atoms with Crippen LogP contribution in [0.15, 0.2) is 71.7 Å². The average molecular weight is 531 g/mol. The smallest absolute Gasteiger partial charge is 0.373 e. The lowest BCUT2D eigenvalue weighted by Crippen LogP contribution is -2.21. The Hall–Kier alpha value is -4.17. The predicted octanol–water partition coefficient (Wildman–Crippen LogP) is 4.18. The maximum atomic E-state index is 12.3. The van der Waals surface area contributed by atoms with Gasteiger partial charge in [0, 0.05) is 17.1 Å². The number of esters is 1.